The van der Waals surface area contributed by atoms with E-state index in [0.29, 0.717) is 11.7 Å². The molecular formula is C27H36N4O2. The van der Waals surface area contributed by atoms with E-state index in [1.807, 2.05) is 72.8 Å². The Hall–Kier alpha value is -3.38. The molecule has 0 spiro atoms. The number of nitrogens with one attached hydrogen (secondary N) is 2. The summed E-state index contributed by atoms with van der Waals surface area (Å²) in [6.07, 6.45) is 2.66. The third-order valence-corrected chi connectivity index (χ3v) is 5.54. The molecule has 6 nitrogen and oxygen atoms in total. The van der Waals surface area contributed by atoms with Gasteiger partial charge in [-0.25, -0.2) is 4.98 Å². The van der Waals surface area contributed by atoms with Crippen LogP contribution in [0.25, 0.3) is 0 Å². The minimum atomic E-state index is -0.870. The van der Waals surface area contributed by atoms with E-state index in [9.17, 15) is 9.90 Å². The van der Waals surface area contributed by atoms with Crippen LogP contribution in [0.3, 0.4) is 0 Å². The van der Waals surface area contributed by atoms with Crippen LogP contribution in [0.15, 0.2) is 79.0 Å². The van der Waals surface area contributed by atoms with E-state index in [1.54, 1.807) is 20.0 Å². The van der Waals surface area contributed by atoms with E-state index in [2.05, 4.69) is 22.5 Å². The Morgan fingerprint density at radius 1 is 1.00 bits per heavy atom. The first kappa shape index (κ1) is 25.9. The summed E-state index contributed by atoms with van der Waals surface area (Å²) in [6.45, 7) is 8.22. The third-order valence-electron chi connectivity index (χ3n) is 5.54. The Bertz CT molecular complexity index is 933. The van der Waals surface area contributed by atoms with Crippen LogP contribution in [0.2, 0.25) is 0 Å². The van der Waals surface area contributed by atoms with E-state index in [1.165, 1.54) is 5.56 Å². The molecule has 3 rings (SSSR count). The lowest BCUT2D eigenvalue weighted by Gasteiger charge is -2.21. The summed E-state index contributed by atoms with van der Waals surface area (Å²) in [5.74, 6) is 0.0640. The number of carbonyl (C=O) groups is 1. The van der Waals surface area contributed by atoms with Crippen molar-refractivity contribution in [3.63, 3.8) is 0 Å². The molecule has 0 radical (unpaired) electrons. The monoisotopic (exact) mass is 448 g/mol. The highest BCUT2D eigenvalue weighted by Crippen LogP contribution is 2.25. The fourth-order valence-corrected chi connectivity index (χ4v) is 3.18. The number of carboxylic acids is 1. The Labute approximate surface area is 197 Å². The van der Waals surface area contributed by atoms with Crippen LogP contribution >= 0.6 is 0 Å². The summed E-state index contributed by atoms with van der Waals surface area (Å²) >= 11 is 0. The molecule has 0 aliphatic carbocycles. The number of anilines is 2. The van der Waals surface area contributed by atoms with Gasteiger partial charge in [-0.1, -0.05) is 67.6 Å². The molecule has 0 saturated carbocycles. The first-order chi connectivity index (χ1) is 15.8. The van der Waals surface area contributed by atoms with Gasteiger partial charge >= 0.3 is 5.97 Å². The molecule has 0 aliphatic heterocycles. The van der Waals surface area contributed by atoms with E-state index >= 15 is 0 Å². The van der Waals surface area contributed by atoms with Crippen molar-refractivity contribution in [1.82, 2.24) is 10.3 Å². The van der Waals surface area contributed by atoms with E-state index in [4.69, 9.17) is 5.73 Å². The Kier molecular flexibility index (Phi) is 10.4. The highest BCUT2D eigenvalue weighted by Gasteiger charge is 2.29. The van der Waals surface area contributed by atoms with Crippen LogP contribution in [-0.4, -0.2) is 35.7 Å². The first-order valence-electron chi connectivity index (χ1n) is 11.3. The van der Waals surface area contributed by atoms with Crippen molar-refractivity contribution in [3.8, 4) is 0 Å². The van der Waals surface area contributed by atoms with Crippen molar-refractivity contribution < 1.29 is 9.90 Å². The van der Waals surface area contributed by atoms with Crippen LogP contribution in [0, 0.1) is 0 Å². The van der Waals surface area contributed by atoms with Gasteiger partial charge in [0, 0.05) is 19.3 Å². The number of rotatable bonds is 10. The lowest BCUT2D eigenvalue weighted by atomic mass is 9.84. The number of aliphatic carboxylic acids is 1. The molecule has 5 N–H and O–H groups in total. The van der Waals surface area contributed by atoms with Crippen LogP contribution in [0.1, 0.15) is 44.2 Å². The Balaban J connectivity index is 0.000000554. The average molecular weight is 449 g/mol. The normalized spacial score (nSPS) is 11.7. The summed E-state index contributed by atoms with van der Waals surface area (Å²) in [4.78, 5) is 15.4. The van der Waals surface area contributed by atoms with Crippen LogP contribution in [0.5, 0.6) is 0 Å². The van der Waals surface area contributed by atoms with Crippen molar-refractivity contribution in [2.24, 2.45) is 0 Å². The third kappa shape index (κ3) is 8.58. The summed E-state index contributed by atoms with van der Waals surface area (Å²) in [6, 6.07) is 23.7. The molecule has 1 heterocycles. The van der Waals surface area contributed by atoms with E-state index in [0.717, 1.165) is 37.3 Å². The van der Waals surface area contributed by atoms with Gasteiger partial charge in [0.2, 0.25) is 0 Å². The maximum atomic E-state index is 11.4. The quantitative estimate of drug-likeness (QED) is 0.329. The molecule has 176 valence electrons. The number of carboxylic acid groups (broad SMARTS) is 1. The van der Waals surface area contributed by atoms with Crippen molar-refractivity contribution in [2.75, 3.05) is 30.7 Å². The maximum Gasteiger partial charge on any atom is 0.313 e. The maximum absolute atomic E-state index is 11.4. The molecule has 33 heavy (non-hydrogen) atoms. The highest BCUT2D eigenvalue weighted by atomic mass is 16.4. The minimum Gasteiger partial charge on any atom is -0.481 e. The van der Waals surface area contributed by atoms with Gasteiger partial charge in [-0.2, -0.15) is 0 Å². The topological polar surface area (TPSA) is 100 Å². The van der Waals surface area contributed by atoms with E-state index < -0.39 is 11.4 Å². The standard InChI is InChI=1S/C21H30N4O2.C6H6/c1-15(16-7-9-17(10-8-16)21(2,3)20(26)27)14-23-11-5-13-24-18-6-4-12-25-19(18)22;1-2-4-6-5-3-1/h4,6-10,12,15,23-24H,5,11,13-14H2,1-3H3,(H2,22,25)(H,26,27);1-6H. The van der Waals surface area contributed by atoms with Crippen molar-refractivity contribution >= 4 is 17.5 Å². The van der Waals surface area contributed by atoms with Crippen LogP contribution in [0.4, 0.5) is 11.5 Å². The summed E-state index contributed by atoms with van der Waals surface area (Å²) in [5, 5.41) is 16.1. The van der Waals surface area contributed by atoms with E-state index in [-0.39, 0.29) is 0 Å². The summed E-state index contributed by atoms with van der Waals surface area (Å²) in [7, 11) is 0. The fraction of sp³-hybridized carbons (Fsp3) is 0.333. The van der Waals surface area contributed by atoms with Gasteiger partial charge in [-0.3, -0.25) is 4.79 Å². The number of hydrogen-bond donors (Lipinski definition) is 4. The second-order valence-corrected chi connectivity index (χ2v) is 8.53. The predicted octanol–water partition coefficient (Wildman–Crippen LogP) is 4.91. The average Bonchev–Trinajstić information content (AvgIpc) is 2.83. The molecule has 1 unspecified atom stereocenters. The number of nitrogen functional groups attached to an aromatic ring is 1. The largest absolute Gasteiger partial charge is 0.481 e. The molecule has 1 atom stereocenters. The lowest BCUT2D eigenvalue weighted by molar-refractivity contribution is -0.142. The molecule has 0 amide bonds. The van der Waals surface area contributed by atoms with Gasteiger partial charge in [-0.15, -0.1) is 0 Å². The van der Waals surface area contributed by atoms with Gasteiger partial charge < -0.3 is 21.5 Å². The number of hydrogen-bond acceptors (Lipinski definition) is 5. The zero-order valence-corrected chi connectivity index (χ0v) is 19.8. The Morgan fingerprint density at radius 2 is 1.61 bits per heavy atom. The number of nitrogens with two attached hydrogens (primary N) is 1. The molecular weight excluding hydrogens is 412 g/mol. The zero-order chi connectivity index (χ0) is 24.1. The molecule has 0 bridgehead atoms. The summed E-state index contributed by atoms with van der Waals surface area (Å²) < 4.78 is 0. The Morgan fingerprint density at radius 3 is 2.15 bits per heavy atom. The molecule has 1 aromatic heterocycles. The van der Waals surface area contributed by atoms with Crippen LogP contribution in [-0.2, 0) is 10.2 Å². The predicted molar refractivity (Wildman–Crippen MR) is 137 cm³/mol. The molecule has 0 fully saturated rings. The van der Waals surface area contributed by atoms with Gasteiger partial charge in [0.25, 0.3) is 0 Å². The lowest BCUT2D eigenvalue weighted by Crippen LogP contribution is -2.28. The number of aromatic nitrogens is 1. The summed E-state index contributed by atoms with van der Waals surface area (Å²) in [5.41, 5.74) is 7.82. The highest BCUT2D eigenvalue weighted by molar-refractivity contribution is 5.80. The molecule has 2 aromatic carbocycles. The van der Waals surface area contributed by atoms with Gasteiger partial charge in [0.1, 0.15) is 5.82 Å². The minimum absolute atomic E-state index is 0.355. The molecule has 0 saturated heterocycles. The van der Waals surface area contributed by atoms with Crippen molar-refractivity contribution in [1.29, 1.82) is 0 Å². The van der Waals surface area contributed by atoms with Crippen LogP contribution < -0.4 is 16.4 Å². The molecule has 3 aromatic rings. The SMILES string of the molecule is CC(CNCCCNc1cccnc1N)c1ccc(C(C)(C)C(=O)O)cc1.c1ccccc1. The number of pyridine rings is 1. The van der Waals surface area contributed by atoms with Gasteiger partial charge in [0.15, 0.2) is 0 Å². The smallest absolute Gasteiger partial charge is 0.313 e. The molecule has 6 heteroatoms. The second kappa shape index (κ2) is 13.2. The fourth-order valence-electron chi connectivity index (χ4n) is 3.18. The second-order valence-electron chi connectivity index (χ2n) is 8.53. The number of benzene rings is 2. The van der Waals surface area contributed by atoms with Crippen molar-refractivity contribution in [2.45, 2.75) is 38.5 Å². The van der Waals surface area contributed by atoms with Crippen molar-refractivity contribution in [3.05, 3.63) is 90.1 Å². The first-order valence-corrected chi connectivity index (χ1v) is 11.3. The van der Waals surface area contributed by atoms with Gasteiger partial charge in [0.05, 0.1) is 11.1 Å². The number of nitrogens with zero attached hydrogens (tertiary/aromatic N) is 1. The zero-order valence-electron chi connectivity index (χ0n) is 19.8. The molecule has 0 aliphatic rings. The van der Waals surface area contributed by atoms with Gasteiger partial charge in [-0.05, 0) is 56.0 Å².